The number of carbonyl (C=O) groups is 1. The molecule has 0 aliphatic heterocycles. The van der Waals surface area contributed by atoms with Crippen LogP contribution in [0.15, 0.2) is 53.4 Å². The van der Waals surface area contributed by atoms with Crippen LogP contribution in [0.5, 0.6) is 5.75 Å². The third kappa shape index (κ3) is 5.21. The smallest absolute Gasteiger partial charge is 0.261 e. The molecule has 2 aromatic carbocycles. The zero-order valence-electron chi connectivity index (χ0n) is 14.7. The molecule has 0 aliphatic rings. The van der Waals surface area contributed by atoms with Crippen molar-refractivity contribution in [3.8, 4) is 5.75 Å². The summed E-state index contributed by atoms with van der Waals surface area (Å²) in [5.41, 5.74) is 0.439. The molecule has 7 nitrogen and oxygen atoms in total. The van der Waals surface area contributed by atoms with Gasteiger partial charge in [0.2, 0.25) is 0 Å². The van der Waals surface area contributed by atoms with Gasteiger partial charge in [0.05, 0.1) is 29.4 Å². The van der Waals surface area contributed by atoms with Crippen LogP contribution >= 0.6 is 0 Å². The van der Waals surface area contributed by atoms with E-state index in [4.69, 9.17) is 9.47 Å². The Kier molecular flexibility index (Phi) is 6.99. The molecule has 1 amide bonds. The molecule has 26 heavy (non-hydrogen) atoms. The van der Waals surface area contributed by atoms with E-state index in [-0.39, 0.29) is 22.1 Å². The second-order valence-corrected chi connectivity index (χ2v) is 6.99. The number of para-hydroxylation sites is 1. The first-order chi connectivity index (χ1) is 12.5. The minimum atomic E-state index is -3.84. The first-order valence-corrected chi connectivity index (χ1v) is 9.58. The molecule has 0 unspecified atom stereocenters. The summed E-state index contributed by atoms with van der Waals surface area (Å²) in [4.78, 5) is 12.3. The van der Waals surface area contributed by atoms with E-state index in [1.54, 1.807) is 30.3 Å². The number of sulfonamides is 1. The lowest BCUT2D eigenvalue weighted by atomic mass is 10.2. The third-order valence-electron chi connectivity index (χ3n) is 3.45. The normalized spacial score (nSPS) is 11.0. The van der Waals surface area contributed by atoms with Crippen molar-refractivity contribution in [3.05, 3.63) is 54.1 Å². The zero-order valence-corrected chi connectivity index (χ0v) is 15.5. The molecule has 2 N–H and O–H groups in total. The topological polar surface area (TPSA) is 93.7 Å². The Morgan fingerprint density at radius 2 is 1.77 bits per heavy atom. The Labute approximate surface area is 153 Å². The van der Waals surface area contributed by atoms with Crippen LogP contribution < -0.4 is 14.8 Å². The number of anilines is 1. The monoisotopic (exact) mass is 378 g/mol. The van der Waals surface area contributed by atoms with Crippen molar-refractivity contribution in [2.24, 2.45) is 0 Å². The number of amides is 1. The van der Waals surface area contributed by atoms with Crippen LogP contribution in [0.3, 0.4) is 0 Å². The number of methoxy groups -OCH3 is 1. The first kappa shape index (κ1) is 19.7. The van der Waals surface area contributed by atoms with Crippen LogP contribution in [-0.4, -0.2) is 41.2 Å². The maximum absolute atomic E-state index is 12.6. The summed E-state index contributed by atoms with van der Waals surface area (Å²) in [5.74, 6) is 0.205. The van der Waals surface area contributed by atoms with E-state index in [9.17, 15) is 13.2 Å². The summed E-state index contributed by atoms with van der Waals surface area (Å²) in [6.07, 6.45) is 0. The predicted octanol–water partition coefficient (Wildman–Crippen LogP) is 2.26. The van der Waals surface area contributed by atoms with Crippen molar-refractivity contribution in [3.63, 3.8) is 0 Å². The van der Waals surface area contributed by atoms with Gasteiger partial charge in [0.25, 0.3) is 15.9 Å². The highest BCUT2D eigenvalue weighted by Gasteiger charge is 2.18. The van der Waals surface area contributed by atoms with Gasteiger partial charge >= 0.3 is 0 Å². The van der Waals surface area contributed by atoms with Gasteiger partial charge in [-0.05, 0) is 43.3 Å². The highest BCUT2D eigenvalue weighted by atomic mass is 32.2. The van der Waals surface area contributed by atoms with Crippen LogP contribution in [0.1, 0.15) is 17.3 Å². The van der Waals surface area contributed by atoms with Gasteiger partial charge in [-0.15, -0.1) is 0 Å². The van der Waals surface area contributed by atoms with Crippen molar-refractivity contribution in [2.45, 2.75) is 11.8 Å². The molecular weight excluding hydrogens is 356 g/mol. The molecule has 0 radical (unpaired) electrons. The number of carbonyl (C=O) groups excluding carboxylic acids is 1. The van der Waals surface area contributed by atoms with E-state index < -0.39 is 10.0 Å². The summed E-state index contributed by atoms with van der Waals surface area (Å²) >= 11 is 0. The molecule has 0 bridgehead atoms. The second kappa shape index (κ2) is 9.21. The summed E-state index contributed by atoms with van der Waals surface area (Å²) in [7, 11) is -2.30. The van der Waals surface area contributed by atoms with Crippen molar-refractivity contribution in [2.75, 3.05) is 31.6 Å². The van der Waals surface area contributed by atoms with E-state index in [0.29, 0.717) is 25.5 Å². The zero-order chi connectivity index (χ0) is 19.0. The van der Waals surface area contributed by atoms with Crippen LogP contribution in [-0.2, 0) is 14.8 Å². The third-order valence-corrected chi connectivity index (χ3v) is 4.83. The highest BCUT2D eigenvalue weighted by Crippen LogP contribution is 2.22. The Hall–Kier alpha value is -2.58. The van der Waals surface area contributed by atoms with Gasteiger partial charge < -0.3 is 14.8 Å². The van der Waals surface area contributed by atoms with Crippen molar-refractivity contribution >= 4 is 21.6 Å². The number of hydrogen-bond acceptors (Lipinski definition) is 5. The Morgan fingerprint density at radius 3 is 2.42 bits per heavy atom. The van der Waals surface area contributed by atoms with Gasteiger partial charge in [-0.1, -0.05) is 12.1 Å². The Balaban J connectivity index is 2.20. The average molecular weight is 378 g/mol. The maximum atomic E-state index is 12.6. The summed E-state index contributed by atoms with van der Waals surface area (Å²) < 4.78 is 37.9. The van der Waals surface area contributed by atoms with Crippen LogP contribution in [0.25, 0.3) is 0 Å². The van der Waals surface area contributed by atoms with Gasteiger partial charge in [0, 0.05) is 13.7 Å². The highest BCUT2D eigenvalue weighted by molar-refractivity contribution is 7.92. The largest absolute Gasteiger partial charge is 0.494 e. The molecule has 0 atom stereocenters. The lowest BCUT2D eigenvalue weighted by molar-refractivity contribution is 0.0938. The Bertz CT molecular complexity index is 835. The van der Waals surface area contributed by atoms with E-state index in [0.717, 1.165) is 0 Å². The first-order valence-electron chi connectivity index (χ1n) is 8.09. The summed E-state index contributed by atoms with van der Waals surface area (Å²) in [6.45, 7) is 3.04. The molecule has 2 aromatic rings. The number of rotatable bonds is 9. The molecule has 0 saturated carbocycles. The fourth-order valence-electron chi connectivity index (χ4n) is 2.22. The van der Waals surface area contributed by atoms with E-state index in [2.05, 4.69) is 10.0 Å². The van der Waals surface area contributed by atoms with Gasteiger partial charge in [-0.25, -0.2) is 8.42 Å². The van der Waals surface area contributed by atoms with Crippen LogP contribution in [0.2, 0.25) is 0 Å². The molecule has 140 valence electrons. The van der Waals surface area contributed by atoms with Gasteiger partial charge in [-0.2, -0.15) is 0 Å². The number of hydrogen-bond donors (Lipinski definition) is 2. The second-order valence-electron chi connectivity index (χ2n) is 5.30. The van der Waals surface area contributed by atoms with Crippen LogP contribution in [0.4, 0.5) is 5.69 Å². The van der Waals surface area contributed by atoms with Crippen molar-refractivity contribution < 1.29 is 22.7 Å². The van der Waals surface area contributed by atoms with E-state index >= 15 is 0 Å². The van der Waals surface area contributed by atoms with Gasteiger partial charge in [0.15, 0.2) is 0 Å². The molecule has 0 heterocycles. The minimum absolute atomic E-state index is 0.0792. The number of nitrogens with one attached hydrogen (secondary N) is 2. The summed E-state index contributed by atoms with van der Waals surface area (Å²) in [5, 5.41) is 2.67. The lowest BCUT2D eigenvalue weighted by Gasteiger charge is -2.13. The van der Waals surface area contributed by atoms with E-state index in [1.165, 1.54) is 25.3 Å². The quantitative estimate of drug-likeness (QED) is 0.653. The SMILES string of the molecule is CCOc1ccc(S(=O)(=O)Nc2ccccc2C(=O)NCCOC)cc1. The van der Waals surface area contributed by atoms with Crippen molar-refractivity contribution in [1.29, 1.82) is 0 Å². The average Bonchev–Trinajstić information content (AvgIpc) is 2.63. The molecule has 0 saturated heterocycles. The van der Waals surface area contributed by atoms with Gasteiger partial charge in [-0.3, -0.25) is 9.52 Å². The molecule has 0 fully saturated rings. The fourth-order valence-corrected chi connectivity index (χ4v) is 3.30. The van der Waals surface area contributed by atoms with E-state index in [1.807, 2.05) is 6.92 Å². The van der Waals surface area contributed by atoms with Gasteiger partial charge in [0.1, 0.15) is 5.75 Å². The Morgan fingerprint density at radius 1 is 1.08 bits per heavy atom. The molecule has 2 rings (SSSR count). The lowest BCUT2D eigenvalue weighted by Crippen LogP contribution is -2.28. The maximum Gasteiger partial charge on any atom is 0.261 e. The molecular formula is C18H22N2O5S. The predicted molar refractivity (Wildman–Crippen MR) is 99.1 cm³/mol. The molecule has 8 heteroatoms. The fraction of sp³-hybridized carbons (Fsp3) is 0.278. The minimum Gasteiger partial charge on any atom is -0.494 e. The van der Waals surface area contributed by atoms with Crippen molar-refractivity contribution in [1.82, 2.24) is 5.32 Å². The molecule has 0 aliphatic carbocycles. The number of benzene rings is 2. The molecule has 0 spiro atoms. The van der Waals surface area contributed by atoms with Crippen LogP contribution in [0, 0.1) is 0 Å². The summed E-state index contributed by atoms with van der Waals surface area (Å²) in [6, 6.07) is 12.5. The molecule has 0 aromatic heterocycles. The number of ether oxygens (including phenoxy) is 2. The standard InChI is InChI=1S/C18H22N2O5S/c1-3-25-14-8-10-15(11-9-14)26(22,23)20-17-7-5-4-6-16(17)18(21)19-12-13-24-2/h4-11,20H,3,12-13H2,1-2H3,(H,19,21).